The third kappa shape index (κ3) is 9.51. The van der Waals surface area contributed by atoms with Gasteiger partial charge >= 0.3 is 25.5 Å². The summed E-state index contributed by atoms with van der Waals surface area (Å²) in [5.74, 6) is -3.50. The Morgan fingerprint density at radius 3 is 2.15 bits per heavy atom. The molecule has 1 saturated carbocycles. The number of fused-ring (bicyclic) bond motifs is 4. The number of nitrogens with one attached hydrogen (secondary N) is 1. The van der Waals surface area contributed by atoms with Gasteiger partial charge in [-0.2, -0.15) is 4.98 Å². The molecule has 1 aliphatic carbocycles. The van der Waals surface area contributed by atoms with Gasteiger partial charge in [-0.15, -0.1) is 0 Å². The van der Waals surface area contributed by atoms with Gasteiger partial charge in [0.2, 0.25) is 5.95 Å². The lowest BCUT2D eigenvalue weighted by Gasteiger charge is -2.31. The fraction of sp³-hybridized carbons (Fsp3) is 0.618. The number of aromatic nitrogens is 7. The number of rotatable bonds is 8. The van der Waals surface area contributed by atoms with Crippen LogP contribution in [-0.2, 0) is 51.0 Å². The number of aliphatic hydroxyl groups is 1. The molecule has 2 saturated heterocycles. The van der Waals surface area contributed by atoms with Gasteiger partial charge in [-0.3, -0.25) is 37.5 Å². The number of pyridine rings is 1. The molecule has 3 aliphatic rings. The second-order valence-electron chi connectivity index (χ2n) is 16.5. The van der Waals surface area contributed by atoms with Crippen molar-refractivity contribution < 1.29 is 60.5 Å². The van der Waals surface area contributed by atoms with E-state index in [1.54, 1.807) is 41.5 Å². The van der Waals surface area contributed by atoms with Crippen molar-refractivity contribution in [3.63, 3.8) is 0 Å². The predicted octanol–water partition coefficient (Wildman–Crippen LogP) is 4.48. The minimum Gasteiger partial charge on any atom is -0.454 e. The van der Waals surface area contributed by atoms with Crippen LogP contribution in [0.4, 0.5) is 16.0 Å². The number of esters is 2. The summed E-state index contributed by atoms with van der Waals surface area (Å²) in [4.78, 5) is 57.2. The van der Waals surface area contributed by atoms with E-state index in [4.69, 9.17) is 43.8 Å². The van der Waals surface area contributed by atoms with Crippen LogP contribution in [0, 0.1) is 16.7 Å². The summed E-state index contributed by atoms with van der Waals surface area (Å²) in [6.07, 6.45) is -5.98. The number of ether oxygens (including phenoxy) is 3. The molecule has 6 heterocycles. The van der Waals surface area contributed by atoms with Crippen LogP contribution in [0.2, 0.25) is 0 Å². The smallest absolute Gasteiger partial charge is 0.392 e. The molecule has 6 N–H and O–H groups in total. The Labute approximate surface area is 355 Å². The summed E-state index contributed by atoms with van der Waals surface area (Å²) >= 11 is 0.962. The van der Waals surface area contributed by atoms with Crippen LogP contribution in [-0.4, -0.2) is 107 Å². The van der Waals surface area contributed by atoms with Gasteiger partial charge in [-0.25, -0.2) is 28.5 Å². The second-order valence-corrected chi connectivity index (χ2v) is 24.5. The maximum absolute atomic E-state index is 16.9. The number of nitrogens with zero attached hydrogens (tertiary/aromatic N) is 6. The van der Waals surface area contributed by atoms with Gasteiger partial charge in [0.25, 0.3) is 5.56 Å². The SMILES string of the molecule is CC(C)(C)C(=O)OCSP1(=O)OC[C@H]2O[C@@H](n3cnc4c(N)ccnc43)C(F)[C@H]2OP(=O)(SCOC(=O)C(C)(C)C)OC[C@H]2C[C@@H](n3cnc4c(=O)[nH]c(N)nc43)C(O)[C@H]2O1. The molecule has 22 nitrogen and oxygen atoms in total. The molecule has 0 bridgehead atoms. The maximum Gasteiger partial charge on any atom is 0.392 e. The summed E-state index contributed by atoms with van der Waals surface area (Å²) < 4.78 is 90.4. The highest BCUT2D eigenvalue weighted by molar-refractivity contribution is 8.55. The number of imidazole rings is 2. The van der Waals surface area contributed by atoms with E-state index in [0.29, 0.717) is 22.8 Å². The largest absolute Gasteiger partial charge is 0.454 e. The lowest BCUT2D eigenvalue weighted by molar-refractivity contribution is -0.151. The number of hydrogen-bond donors (Lipinski definition) is 4. The number of hydrogen-bond acceptors (Lipinski definition) is 21. The highest BCUT2D eigenvalue weighted by atomic mass is 32.7. The number of halogens is 1. The number of carbonyl (C=O) groups is 2. The summed E-state index contributed by atoms with van der Waals surface area (Å²) in [6.45, 7) is -0.631. The minimum absolute atomic E-state index is 0.0220. The molecule has 4 aromatic heterocycles. The number of aliphatic hydroxyl groups excluding tert-OH is 1. The molecule has 0 spiro atoms. The monoisotopic (exact) mass is 933 g/mol. The zero-order valence-corrected chi connectivity index (χ0v) is 37.2. The molecule has 0 amide bonds. The fourth-order valence-corrected chi connectivity index (χ4v) is 12.4. The summed E-state index contributed by atoms with van der Waals surface area (Å²) in [7, 11) is 0. The highest BCUT2D eigenvalue weighted by Gasteiger charge is 2.55. The Bertz CT molecular complexity index is 2460. The first-order chi connectivity index (χ1) is 28.6. The number of nitrogen functional groups attached to an aromatic ring is 2. The Morgan fingerprint density at radius 2 is 1.51 bits per heavy atom. The van der Waals surface area contributed by atoms with E-state index in [0.717, 1.165) is 0 Å². The van der Waals surface area contributed by atoms with Crippen molar-refractivity contribution >= 4 is 82.3 Å². The topological polar surface area (TPSA) is 299 Å². The average Bonchev–Trinajstić information content (AvgIpc) is 3.94. The van der Waals surface area contributed by atoms with Gasteiger partial charge in [0.1, 0.15) is 41.8 Å². The van der Waals surface area contributed by atoms with Gasteiger partial charge in [-0.05, 0) is 54.0 Å². The van der Waals surface area contributed by atoms with Crippen LogP contribution in [0.25, 0.3) is 22.3 Å². The lowest BCUT2D eigenvalue weighted by atomic mass is 9.98. The van der Waals surface area contributed by atoms with Crippen LogP contribution in [0.1, 0.15) is 60.2 Å². The molecule has 3 fully saturated rings. The standard InChI is InChI=1S/C34H46FN9O13P2S2/c1-33(2,3)30(47)51-14-60-58(49)53-10-16-9-18(43-12-40-22-27(43)41-32(37)42-28(22)46)23(45)24(16)56-59(50,61-15-52-31(48)34(4,5)6)54-11-19-25(57-58)20(35)29(55-19)44-13-39-21-17(36)7-8-38-26(21)44/h7-8,12-13,16,18-20,23-25,29,45H,9-11,14-15H2,1-6H3,(H2,36,38)(H3,37,41,42,46)/t16-,18-,19-,20?,23?,24+,25+,29-,58?,59?/m1/s1. The quantitative estimate of drug-likeness (QED) is 0.108. The van der Waals surface area contributed by atoms with Gasteiger partial charge in [0.05, 0.1) is 48.4 Å². The fourth-order valence-electron chi connectivity index (χ4n) is 6.74. The van der Waals surface area contributed by atoms with E-state index in [2.05, 4.69) is 24.9 Å². The van der Waals surface area contributed by atoms with Crippen LogP contribution >= 0.6 is 36.4 Å². The van der Waals surface area contributed by atoms with E-state index in [1.807, 2.05) is 0 Å². The van der Waals surface area contributed by atoms with Crippen LogP contribution < -0.4 is 17.0 Å². The molecule has 10 atom stereocenters. The van der Waals surface area contributed by atoms with E-state index in [-0.39, 0.29) is 40.4 Å². The molecular formula is C34H46FN9O13P2S2. The first-order valence-corrected chi connectivity index (χ1v) is 25.1. The maximum atomic E-state index is 16.9. The molecule has 334 valence electrons. The van der Waals surface area contributed by atoms with E-state index < -0.39 is 116 Å². The van der Waals surface area contributed by atoms with Crippen molar-refractivity contribution in [2.24, 2.45) is 16.7 Å². The molecule has 27 heteroatoms. The van der Waals surface area contributed by atoms with Crippen LogP contribution in [0.5, 0.6) is 0 Å². The lowest BCUT2D eigenvalue weighted by Crippen LogP contribution is -2.36. The molecule has 61 heavy (non-hydrogen) atoms. The molecule has 2 aliphatic heterocycles. The van der Waals surface area contributed by atoms with Gasteiger partial charge in [0, 0.05) is 34.9 Å². The zero-order valence-electron chi connectivity index (χ0n) is 33.7. The molecule has 0 aromatic carbocycles. The normalized spacial score (nSPS) is 31.3. The van der Waals surface area contributed by atoms with Crippen LogP contribution in [0.15, 0.2) is 29.7 Å². The summed E-state index contributed by atoms with van der Waals surface area (Å²) in [5, 5.41) is 11.9. The number of anilines is 2. The van der Waals surface area contributed by atoms with Crippen molar-refractivity contribution in [1.29, 1.82) is 0 Å². The Kier molecular flexibility index (Phi) is 12.8. The van der Waals surface area contributed by atoms with E-state index >= 15 is 4.39 Å². The van der Waals surface area contributed by atoms with Crippen LogP contribution in [0.3, 0.4) is 0 Å². The van der Waals surface area contributed by atoms with Crippen molar-refractivity contribution in [2.45, 2.75) is 90.8 Å². The van der Waals surface area contributed by atoms with Crippen molar-refractivity contribution in [3.8, 4) is 0 Å². The average molecular weight is 934 g/mol. The molecule has 0 radical (unpaired) electrons. The number of aromatic amines is 1. The Balaban J connectivity index is 1.25. The number of nitrogens with two attached hydrogens (primary N) is 2. The Morgan fingerprint density at radius 1 is 0.918 bits per heavy atom. The number of carbonyl (C=O) groups excluding carboxylic acids is 2. The molecular weight excluding hydrogens is 888 g/mol. The second kappa shape index (κ2) is 17.1. The van der Waals surface area contributed by atoms with Crippen molar-refractivity contribution in [1.82, 2.24) is 34.1 Å². The molecule has 7 rings (SSSR count). The first-order valence-electron chi connectivity index (χ1n) is 18.8. The number of H-pyrrole nitrogens is 1. The van der Waals surface area contributed by atoms with Gasteiger partial charge < -0.3 is 39.9 Å². The third-order valence-corrected chi connectivity index (χ3v) is 16.6. The van der Waals surface area contributed by atoms with Gasteiger partial charge in [-0.1, -0.05) is 0 Å². The van der Waals surface area contributed by atoms with E-state index in [9.17, 15) is 28.6 Å². The molecule has 4 unspecified atom stereocenters. The highest BCUT2D eigenvalue weighted by Crippen LogP contribution is 2.67. The minimum atomic E-state index is -4.58. The van der Waals surface area contributed by atoms with Gasteiger partial charge in [0.15, 0.2) is 29.2 Å². The summed E-state index contributed by atoms with van der Waals surface area (Å²) in [5.41, 5.74) is 10.0. The van der Waals surface area contributed by atoms with Crippen molar-refractivity contribution in [2.75, 3.05) is 36.6 Å². The Hall–Kier alpha value is -3.64. The predicted molar refractivity (Wildman–Crippen MR) is 219 cm³/mol. The first kappa shape index (κ1) is 45.4. The van der Waals surface area contributed by atoms with Crippen molar-refractivity contribution in [3.05, 3.63) is 35.3 Å². The number of alkyl halides is 1. The molecule has 4 aromatic rings. The zero-order chi connectivity index (χ0) is 44.2. The third-order valence-electron chi connectivity index (χ3n) is 9.95. The summed E-state index contributed by atoms with van der Waals surface area (Å²) in [6, 6.07) is 0.531. The van der Waals surface area contributed by atoms with E-state index in [1.165, 1.54) is 34.1 Å².